The summed E-state index contributed by atoms with van der Waals surface area (Å²) in [5.74, 6) is 0. The molecule has 0 aromatic carbocycles. The Labute approximate surface area is 127 Å². The minimum absolute atomic E-state index is 0.134. The highest BCUT2D eigenvalue weighted by atomic mass is 32.2. The lowest BCUT2D eigenvalue weighted by atomic mass is 9.71. The maximum Gasteiger partial charge on any atom is 0.243 e. The van der Waals surface area contributed by atoms with Gasteiger partial charge in [0, 0.05) is 19.3 Å². The van der Waals surface area contributed by atoms with Gasteiger partial charge in [0.25, 0.3) is 0 Å². The molecule has 0 atom stereocenters. The Bertz CT molecular complexity index is 549. The van der Waals surface area contributed by atoms with Crippen molar-refractivity contribution in [3.8, 4) is 0 Å². The summed E-state index contributed by atoms with van der Waals surface area (Å²) in [5.41, 5.74) is 0.134. The van der Waals surface area contributed by atoms with Crippen molar-refractivity contribution in [1.82, 2.24) is 19.8 Å². The fourth-order valence-electron chi connectivity index (χ4n) is 2.46. The number of aromatic nitrogens is 2. The van der Waals surface area contributed by atoms with Gasteiger partial charge in [-0.15, -0.1) is 0 Å². The monoisotopic (exact) mass is 314 g/mol. The third-order valence-electron chi connectivity index (χ3n) is 4.16. The third kappa shape index (κ3) is 4.52. The zero-order valence-corrected chi connectivity index (χ0v) is 13.7. The van der Waals surface area contributed by atoms with Crippen LogP contribution in [0.3, 0.4) is 0 Å². The molecule has 0 spiro atoms. The first-order valence-corrected chi connectivity index (χ1v) is 9.16. The van der Waals surface area contributed by atoms with E-state index in [4.69, 9.17) is 0 Å². The summed E-state index contributed by atoms with van der Waals surface area (Å²) in [4.78, 5) is 0.258. The lowest BCUT2D eigenvalue weighted by molar-refractivity contribution is 0.166. The smallest absolute Gasteiger partial charge is 0.243 e. The van der Waals surface area contributed by atoms with Crippen LogP contribution in [-0.2, 0) is 16.6 Å². The van der Waals surface area contributed by atoms with Crippen LogP contribution in [0.1, 0.15) is 39.5 Å². The van der Waals surface area contributed by atoms with E-state index in [-0.39, 0.29) is 10.3 Å². The number of hydrogen-bond acceptors (Lipinski definition) is 4. The summed E-state index contributed by atoms with van der Waals surface area (Å²) >= 11 is 0. The number of rotatable bonds is 9. The van der Waals surface area contributed by atoms with Crippen molar-refractivity contribution in [2.24, 2.45) is 5.41 Å². The minimum atomic E-state index is -3.43. The molecule has 0 bridgehead atoms. The maximum atomic E-state index is 12.2. The van der Waals surface area contributed by atoms with Gasteiger partial charge in [-0.05, 0) is 37.8 Å². The molecule has 0 amide bonds. The molecule has 0 radical (unpaired) electrons. The summed E-state index contributed by atoms with van der Waals surface area (Å²) in [7, 11) is -3.43. The van der Waals surface area contributed by atoms with E-state index in [9.17, 15) is 8.42 Å². The maximum absolute atomic E-state index is 12.2. The van der Waals surface area contributed by atoms with Crippen molar-refractivity contribution in [1.29, 1.82) is 0 Å². The molecule has 1 saturated carbocycles. The quantitative estimate of drug-likeness (QED) is 0.675. The van der Waals surface area contributed by atoms with Gasteiger partial charge >= 0.3 is 0 Å². The van der Waals surface area contributed by atoms with Crippen LogP contribution < -0.4 is 10.0 Å². The topological polar surface area (TPSA) is 76.0 Å². The van der Waals surface area contributed by atoms with E-state index in [2.05, 4.69) is 29.0 Å². The fraction of sp³-hybridized carbons (Fsp3) is 0.786. The van der Waals surface area contributed by atoms with Crippen LogP contribution >= 0.6 is 0 Å². The highest BCUT2D eigenvalue weighted by Crippen LogP contribution is 2.39. The van der Waals surface area contributed by atoms with Crippen molar-refractivity contribution in [3.63, 3.8) is 0 Å². The van der Waals surface area contributed by atoms with Gasteiger partial charge in [-0.25, -0.2) is 13.1 Å². The minimum Gasteiger partial charge on any atom is -0.317 e. The standard InChI is InChI=1S/C14H26N4O2S/c1-3-15-8-5-9-18-11-13(10-16-18)21(19,20)17-12-14(2)6-4-7-14/h10-11,15,17H,3-9,12H2,1-2H3. The number of nitrogens with zero attached hydrogens (tertiary/aromatic N) is 2. The van der Waals surface area contributed by atoms with Gasteiger partial charge in [0.2, 0.25) is 10.0 Å². The van der Waals surface area contributed by atoms with E-state index in [1.807, 2.05) is 0 Å². The van der Waals surface area contributed by atoms with E-state index < -0.39 is 10.0 Å². The molecule has 6 nitrogen and oxygen atoms in total. The molecule has 1 heterocycles. The molecule has 0 unspecified atom stereocenters. The van der Waals surface area contributed by atoms with E-state index in [1.165, 1.54) is 12.6 Å². The van der Waals surface area contributed by atoms with Crippen molar-refractivity contribution < 1.29 is 8.42 Å². The molecular weight excluding hydrogens is 288 g/mol. The molecular formula is C14H26N4O2S. The van der Waals surface area contributed by atoms with Crippen LogP contribution in [0.4, 0.5) is 0 Å². The zero-order chi connectivity index (χ0) is 15.3. The van der Waals surface area contributed by atoms with E-state index in [0.717, 1.165) is 38.9 Å². The fourth-order valence-corrected chi connectivity index (χ4v) is 3.61. The summed E-state index contributed by atoms with van der Waals surface area (Å²) < 4.78 is 28.9. The van der Waals surface area contributed by atoms with Gasteiger partial charge in [-0.3, -0.25) is 4.68 Å². The first-order chi connectivity index (χ1) is 9.95. The van der Waals surface area contributed by atoms with Crippen LogP contribution in [0, 0.1) is 5.41 Å². The Morgan fingerprint density at radius 2 is 2.19 bits per heavy atom. The van der Waals surface area contributed by atoms with Gasteiger partial charge in [0.05, 0.1) is 6.20 Å². The molecule has 1 fully saturated rings. The van der Waals surface area contributed by atoms with Crippen LogP contribution in [0.25, 0.3) is 0 Å². The molecule has 1 aromatic rings. The number of hydrogen-bond donors (Lipinski definition) is 2. The van der Waals surface area contributed by atoms with Gasteiger partial charge in [0.15, 0.2) is 0 Å². The van der Waals surface area contributed by atoms with Gasteiger partial charge in [-0.2, -0.15) is 5.10 Å². The van der Waals surface area contributed by atoms with Crippen LogP contribution in [-0.4, -0.2) is 37.8 Å². The van der Waals surface area contributed by atoms with Crippen LogP contribution in [0.5, 0.6) is 0 Å². The molecule has 21 heavy (non-hydrogen) atoms. The van der Waals surface area contributed by atoms with E-state index in [0.29, 0.717) is 6.54 Å². The lowest BCUT2D eigenvalue weighted by Gasteiger charge is -2.38. The molecule has 2 rings (SSSR count). The average Bonchev–Trinajstić information content (AvgIpc) is 2.89. The van der Waals surface area contributed by atoms with E-state index >= 15 is 0 Å². The van der Waals surface area contributed by atoms with Gasteiger partial charge < -0.3 is 5.32 Å². The van der Waals surface area contributed by atoms with Gasteiger partial charge in [0.1, 0.15) is 4.90 Å². The first kappa shape index (κ1) is 16.5. The Morgan fingerprint density at radius 3 is 2.81 bits per heavy atom. The lowest BCUT2D eigenvalue weighted by Crippen LogP contribution is -2.39. The zero-order valence-electron chi connectivity index (χ0n) is 12.9. The Hall–Kier alpha value is -0.920. The summed E-state index contributed by atoms with van der Waals surface area (Å²) in [6, 6.07) is 0. The molecule has 1 aromatic heterocycles. The predicted molar refractivity (Wildman–Crippen MR) is 82.5 cm³/mol. The largest absolute Gasteiger partial charge is 0.317 e. The second-order valence-corrected chi connectivity index (χ2v) is 7.90. The summed E-state index contributed by atoms with van der Waals surface area (Å²) in [6.45, 7) is 7.29. The highest BCUT2D eigenvalue weighted by Gasteiger charge is 2.33. The van der Waals surface area contributed by atoms with Crippen molar-refractivity contribution >= 4 is 10.0 Å². The van der Waals surface area contributed by atoms with Crippen LogP contribution in [0.2, 0.25) is 0 Å². The van der Waals surface area contributed by atoms with Gasteiger partial charge in [-0.1, -0.05) is 20.3 Å². The second kappa shape index (κ2) is 6.89. The molecule has 120 valence electrons. The number of aryl methyl sites for hydroxylation is 1. The Morgan fingerprint density at radius 1 is 1.43 bits per heavy atom. The molecule has 2 N–H and O–H groups in total. The number of sulfonamides is 1. The Kier molecular flexibility index (Phi) is 5.40. The molecule has 1 aliphatic rings. The molecule has 1 aliphatic carbocycles. The van der Waals surface area contributed by atoms with Crippen LogP contribution in [0.15, 0.2) is 17.3 Å². The molecule has 7 heteroatoms. The molecule has 0 saturated heterocycles. The first-order valence-electron chi connectivity index (χ1n) is 7.68. The summed E-state index contributed by atoms with van der Waals surface area (Å²) in [6.07, 6.45) is 7.36. The van der Waals surface area contributed by atoms with Crippen molar-refractivity contribution in [2.45, 2.75) is 51.0 Å². The Balaban J connectivity index is 1.86. The molecule has 0 aliphatic heterocycles. The average molecular weight is 314 g/mol. The predicted octanol–water partition coefficient (Wildman–Crippen LogP) is 1.35. The van der Waals surface area contributed by atoms with Crippen molar-refractivity contribution in [2.75, 3.05) is 19.6 Å². The third-order valence-corrected chi connectivity index (χ3v) is 5.52. The van der Waals surface area contributed by atoms with Crippen molar-refractivity contribution in [3.05, 3.63) is 12.4 Å². The normalized spacial score (nSPS) is 17.6. The highest BCUT2D eigenvalue weighted by molar-refractivity contribution is 7.89. The SMILES string of the molecule is CCNCCCn1cc(S(=O)(=O)NCC2(C)CCC2)cn1. The number of nitrogens with one attached hydrogen (secondary N) is 2. The summed E-state index contributed by atoms with van der Waals surface area (Å²) in [5, 5.41) is 7.36. The second-order valence-electron chi connectivity index (χ2n) is 6.13. The van der Waals surface area contributed by atoms with E-state index in [1.54, 1.807) is 10.9 Å².